The Bertz CT molecular complexity index is 436. The largest absolute Gasteiger partial charge is 0.381 e. The summed E-state index contributed by atoms with van der Waals surface area (Å²) in [5.41, 5.74) is 0.184. The van der Waals surface area contributed by atoms with E-state index in [1.165, 1.54) is 6.07 Å². The van der Waals surface area contributed by atoms with Gasteiger partial charge < -0.3 is 14.5 Å². The quantitative estimate of drug-likeness (QED) is 0.852. The number of methoxy groups -OCH3 is 1. The van der Waals surface area contributed by atoms with Crippen LogP contribution in [0.1, 0.15) is 31.3 Å². The molecule has 0 bridgehead atoms. The second-order valence-electron chi connectivity index (χ2n) is 4.25. The van der Waals surface area contributed by atoms with Crippen LogP contribution in [0.2, 0.25) is 0 Å². The van der Waals surface area contributed by atoms with Crippen molar-refractivity contribution in [1.29, 1.82) is 0 Å². The van der Waals surface area contributed by atoms with E-state index in [9.17, 15) is 4.79 Å². The van der Waals surface area contributed by atoms with Crippen molar-refractivity contribution >= 4 is 0 Å². The third-order valence-corrected chi connectivity index (χ3v) is 3.28. The van der Waals surface area contributed by atoms with Crippen LogP contribution >= 0.6 is 0 Å². The van der Waals surface area contributed by atoms with Gasteiger partial charge in [0.05, 0.1) is 0 Å². The van der Waals surface area contributed by atoms with Gasteiger partial charge in [0.25, 0.3) is 5.56 Å². The minimum Gasteiger partial charge on any atom is -0.381 e. The monoisotopic (exact) mass is 238 g/mol. The first kappa shape index (κ1) is 12.3. The minimum atomic E-state index is -0.497. The molecule has 0 atom stereocenters. The molecule has 0 aromatic carbocycles. The first-order valence-corrected chi connectivity index (χ1v) is 5.94. The topological polar surface area (TPSA) is 64.2 Å². The predicted molar refractivity (Wildman–Crippen MR) is 63.0 cm³/mol. The Morgan fingerprint density at radius 2 is 2.24 bits per heavy atom. The van der Waals surface area contributed by atoms with Crippen molar-refractivity contribution in [2.45, 2.75) is 31.8 Å². The van der Waals surface area contributed by atoms with Crippen LogP contribution in [0, 0.1) is 0 Å². The van der Waals surface area contributed by atoms with Crippen molar-refractivity contribution in [3.8, 4) is 0 Å². The molecule has 94 valence electrons. The molecule has 1 aliphatic rings. The fourth-order valence-electron chi connectivity index (χ4n) is 2.14. The number of aryl methyl sites for hydroxylation is 1. The van der Waals surface area contributed by atoms with Gasteiger partial charge in [0.1, 0.15) is 11.4 Å². The number of H-pyrrole nitrogens is 1. The Hall–Kier alpha value is -1.20. The van der Waals surface area contributed by atoms with Crippen molar-refractivity contribution in [3.63, 3.8) is 0 Å². The normalized spacial score (nSPS) is 19.2. The van der Waals surface area contributed by atoms with Gasteiger partial charge in [-0.05, 0) is 6.42 Å². The summed E-state index contributed by atoms with van der Waals surface area (Å²) in [6.45, 7) is 3.25. The Morgan fingerprint density at radius 3 is 2.82 bits per heavy atom. The van der Waals surface area contributed by atoms with E-state index in [4.69, 9.17) is 9.47 Å². The Morgan fingerprint density at radius 1 is 1.53 bits per heavy atom. The molecule has 5 heteroatoms. The molecule has 1 fully saturated rings. The number of ether oxygens (including phenoxy) is 2. The second kappa shape index (κ2) is 4.98. The van der Waals surface area contributed by atoms with E-state index in [0.717, 1.165) is 25.0 Å². The molecule has 1 aliphatic heterocycles. The van der Waals surface area contributed by atoms with Gasteiger partial charge in [-0.3, -0.25) is 4.79 Å². The van der Waals surface area contributed by atoms with Crippen LogP contribution in [0.3, 0.4) is 0 Å². The molecule has 2 heterocycles. The van der Waals surface area contributed by atoms with Crippen LogP contribution < -0.4 is 5.56 Å². The van der Waals surface area contributed by atoms with Crippen molar-refractivity contribution < 1.29 is 9.47 Å². The van der Waals surface area contributed by atoms with Crippen molar-refractivity contribution in [3.05, 3.63) is 27.9 Å². The summed E-state index contributed by atoms with van der Waals surface area (Å²) in [4.78, 5) is 18.9. The first-order chi connectivity index (χ1) is 8.20. The predicted octanol–water partition coefficient (Wildman–Crippen LogP) is 0.984. The van der Waals surface area contributed by atoms with Gasteiger partial charge in [-0.25, -0.2) is 4.98 Å². The van der Waals surface area contributed by atoms with Crippen LogP contribution in [0.15, 0.2) is 10.9 Å². The van der Waals surface area contributed by atoms with Crippen molar-refractivity contribution in [2.24, 2.45) is 0 Å². The van der Waals surface area contributed by atoms with Gasteiger partial charge in [0.15, 0.2) is 0 Å². The van der Waals surface area contributed by atoms with Crippen LogP contribution in [-0.2, 0) is 21.5 Å². The Balaban J connectivity index is 2.42. The number of aromatic amines is 1. The number of nitrogens with one attached hydrogen (secondary N) is 1. The lowest BCUT2D eigenvalue weighted by atomic mass is 9.93. The van der Waals surface area contributed by atoms with E-state index in [2.05, 4.69) is 9.97 Å². The summed E-state index contributed by atoms with van der Waals surface area (Å²) in [6, 6.07) is 1.53. The van der Waals surface area contributed by atoms with Gasteiger partial charge in [-0.1, -0.05) is 6.92 Å². The first-order valence-electron chi connectivity index (χ1n) is 5.94. The molecule has 0 unspecified atom stereocenters. The molecule has 1 N–H and O–H groups in total. The molecule has 1 aromatic heterocycles. The van der Waals surface area contributed by atoms with Crippen LogP contribution in [0.25, 0.3) is 0 Å². The number of rotatable bonds is 3. The zero-order chi connectivity index (χ0) is 12.3. The Kier molecular flexibility index (Phi) is 3.59. The highest BCUT2D eigenvalue weighted by molar-refractivity contribution is 5.09. The fourth-order valence-corrected chi connectivity index (χ4v) is 2.14. The highest BCUT2D eigenvalue weighted by Gasteiger charge is 2.37. The summed E-state index contributed by atoms with van der Waals surface area (Å²) in [6.07, 6.45) is 2.19. The lowest BCUT2D eigenvalue weighted by Gasteiger charge is -2.34. The molecular weight excluding hydrogens is 220 g/mol. The van der Waals surface area contributed by atoms with E-state index < -0.39 is 5.60 Å². The number of hydrogen-bond acceptors (Lipinski definition) is 4. The summed E-state index contributed by atoms with van der Waals surface area (Å²) in [5.74, 6) is 0.632. The molecule has 0 aliphatic carbocycles. The summed E-state index contributed by atoms with van der Waals surface area (Å²) in [5, 5.41) is 0. The van der Waals surface area contributed by atoms with Crippen LogP contribution in [0.4, 0.5) is 0 Å². The van der Waals surface area contributed by atoms with E-state index in [1.807, 2.05) is 6.92 Å². The third kappa shape index (κ3) is 2.40. The number of aromatic nitrogens is 2. The van der Waals surface area contributed by atoms with E-state index in [-0.39, 0.29) is 5.56 Å². The van der Waals surface area contributed by atoms with Crippen LogP contribution in [-0.4, -0.2) is 30.3 Å². The minimum absolute atomic E-state index is 0.116. The van der Waals surface area contributed by atoms with Crippen molar-refractivity contribution in [2.75, 3.05) is 20.3 Å². The highest BCUT2D eigenvalue weighted by Crippen LogP contribution is 2.32. The third-order valence-electron chi connectivity index (χ3n) is 3.28. The van der Waals surface area contributed by atoms with Gasteiger partial charge in [0, 0.05) is 44.9 Å². The van der Waals surface area contributed by atoms with Crippen LogP contribution in [0.5, 0.6) is 0 Å². The van der Waals surface area contributed by atoms with E-state index in [1.54, 1.807) is 7.11 Å². The zero-order valence-corrected chi connectivity index (χ0v) is 10.3. The summed E-state index contributed by atoms with van der Waals surface area (Å²) < 4.78 is 10.9. The van der Waals surface area contributed by atoms with Gasteiger partial charge in [-0.2, -0.15) is 0 Å². The second-order valence-corrected chi connectivity index (χ2v) is 4.25. The van der Waals surface area contributed by atoms with Gasteiger partial charge in [0.2, 0.25) is 0 Å². The molecule has 1 aromatic rings. The van der Waals surface area contributed by atoms with Crippen molar-refractivity contribution in [1.82, 2.24) is 9.97 Å². The van der Waals surface area contributed by atoms with Gasteiger partial charge in [-0.15, -0.1) is 0 Å². The molecular formula is C12H18N2O3. The van der Waals surface area contributed by atoms with E-state index in [0.29, 0.717) is 19.0 Å². The molecule has 17 heavy (non-hydrogen) atoms. The van der Waals surface area contributed by atoms with Gasteiger partial charge >= 0.3 is 0 Å². The maximum absolute atomic E-state index is 11.6. The lowest BCUT2D eigenvalue weighted by Crippen LogP contribution is -2.38. The SMILES string of the molecule is CCc1cc(=O)[nH]c(C2(OC)CCOCC2)n1. The number of hydrogen-bond donors (Lipinski definition) is 1. The molecule has 0 amide bonds. The molecule has 1 saturated heterocycles. The number of nitrogens with zero attached hydrogens (tertiary/aromatic N) is 1. The zero-order valence-electron chi connectivity index (χ0n) is 10.3. The average Bonchev–Trinajstić information content (AvgIpc) is 2.38. The average molecular weight is 238 g/mol. The standard InChI is InChI=1S/C12H18N2O3/c1-3-9-8-10(15)14-11(13-9)12(16-2)4-6-17-7-5-12/h8H,3-7H2,1-2H3,(H,13,14,15). The molecule has 5 nitrogen and oxygen atoms in total. The molecule has 0 radical (unpaired) electrons. The van der Waals surface area contributed by atoms with E-state index >= 15 is 0 Å². The summed E-state index contributed by atoms with van der Waals surface area (Å²) >= 11 is 0. The summed E-state index contributed by atoms with van der Waals surface area (Å²) in [7, 11) is 1.66. The molecule has 2 rings (SSSR count). The Labute approximate surface area is 100 Å². The lowest BCUT2D eigenvalue weighted by molar-refractivity contribution is -0.100. The smallest absolute Gasteiger partial charge is 0.251 e. The molecule has 0 saturated carbocycles. The maximum atomic E-state index is 11.6. The highest BCUT2D eigenvalue weighted by atomic mass is 16.5. The fraction of sp³-hybridized carbons (Fsp3) is 0.667. The molecule has 0 spiro atoms. The maximum Gasteiger partial charge on any atom is 0.251 e.